The maximum Gasteiger partial charge on any atom is 0.287 e. The Labute approximate surface area is 173 Å². The van der Waals surface area contributed by atoms with E-state index in [1.807, 2.05) is 61.5 Å². The van der Waals surface area contributed by atoms with Gasteiger partial charge in [0, 0.05) is 12.6 Å². The van der Waals surface area contributed by atoms with Crippen molar-refractivity contribution in [3.8, 4) is 5.75 Å². The number of benzene rings is 2. The quantitative estimate of drug-likeness (QED) is 0.511. The molecule has 2 aromatic heterocycles. The Kier molecular flexibility index (Phi) is 5.61. The number of rotatable bonds is 7. The summed E-state index contributed by atoms with van der Waals surface area (Å²) in [4.78, 5) is 27.2. The van der Waals surface area contributed by atoms with Gasteiger partial charge in [-0.15, -0.1) is 4.73 Å². The fourth-order valence-electron chi connectivity index (χ4n) is 3.25. The van der Waals surface area contributed by atoms with Crippen LogP contribution < -0.4 is 20.5 Å². The first-order valence-corrected chi connectivity index (χ1v) is 9.57. The Bertz CT molecular complexity index is 1220. The molecule has 1 N–H and O–H groups in total. The van der Waals surface area contributed by atoms with Gasteiger partial charge in [0.05, 0.1) is 23.9 Å². The van der Waals surface area contributed by atoms with Gasteiger partial charge in [0.2, 0.25) is 0 Å². The van der Waals surface area contributed by atoms with E-state index in [2.05, 4.69) is 15.3 Å². The number of hydrogen-bond donors (Lipinski definition) is 1. The lowest BCUT2D eigenvalue weighted by Gasteiger charge is -2.15. The van der Waals surface area contributed by atoms with E-state index in [0.717, 1.165) is 28.0 Å². The Morgan fingerprint density at radius 2 is 1.80 bits per heavy atom. The van der Waals surface area contributed by atoms with Crippen molar-refractivity contribution < 1.29 is 9.57 Å². The minimum Gasteiger partial charge on any atom is -0.497 e. The van der Waals surface area contributed by atoms with Crippen molar-refractivity contribution in [1.82, 2.24) is 14.7 Å². The highest BCUT2D eigenvalue weighted by Crippen LogP contribution is 2.23. The predicted octanol–water partition coefficient (Wildman–Crippen LogP) is 3.35. The Morgan fingerprint density at radius 1 is 1.00 bits per heavy atom. The van der Waals surface area contributed by atoms with Crippen molar-refractivity contribution in [2.45, 2.75) is 20.1 Å². The van der Waals surface area contributed by atoms with E-state index in [4.69, 9.17) is 9.57 Å². The summed E-state index contributed by atoms with van der Waals surface area (Å²) in [6, 6.07) is 19.0. The van der Waals surface area contributed by atoms with Crippen molar-refractivity contribution >= 4 is 16.7 Å². The highest BCUT2D eigenvalue weighted by molar-refractivity contribution is 5.90. The molecule has 0 aliphatic heterocycles. The Morgan fingerprint density at radius 3 is 2.60 bits per heavy atom. The molecular formula is C23H22N4O3. The molecule has 2 heterocycles. The standard InChI is InChI=1S/C23H22N4O3/c1-16-22-20(24-13-18-9-6-10-19(11-18)29-2)12-21(28)27(23(22)26-15-25-16)30-14-17-7-4-3-5-8-17/h3-12,15,24H,13-14H2,1-2H3. The maximum absolute atomic E-state index is 12.8. The lowest BCUT2D eigenvalue weighted by Crippen LogP contribution is -2.28. The van der Waals surface area contributed by atoms with Gasteiger partial charge < -0.3 is 14.9 Å². The number of aryl methyl sites for hydroxylation is 1. The van der Waals surface area contributed by atoms with Gasteiger partial charge in [0.1, 0.15) is 18.7 Å². The van der Waals surface area contributed by atoms with Gasteiger partial charge in [-0.2, -0.15) is 0 Å². The zero-order valence-electron chi connectivity index (χ0n) is 16.8. The zero-order chi connectivity index (χ0) is 20.9. The molecule has 0 aliphatic rings. The summed E-state index contributed by atoms with van der Waals surface area (Å²) in [5.41, 5.74) is 3.54. The van der Waals surface area contributed by atoms with Crippen molar-refractivity contribution in [2.75, 3.05) is 12.4 Å². The van der Waals surface area contributed by atoms with Crippen molar-refractivity contribution in [3.63, 3.8) is 0 Å². The first kappa shape index (κ1) is 19.4. The average Bonchev–Trinajstić information content (AvgIpc) is 2.78. The van der Waals surface area contributed by atoms with Gasteiger partial charge in [-0.05, 0) is 30.2 Å². The van der Waals surface area contributed by atoms with E-state index < -0.39 is 0 Å². The fourth-order valence-corrected chi connectivity index (χ4v) is 3.25. The van der Waals surface area contributed by atoms with Gasteiger partial charge >= 0.3 is 0 Å². The van der Waals surface area contributed by atoms with Crippen LogP contribution in [0.1, 0.15) is 16.8 Å². The van der Waals surface area contributed by atoms with Gasteiger partial charge in [0.15, 0.2) is 5.65 Å². The molecule has 7 heteroatoms. The second-order valence-corrected chi connectivity index (χ2v) is 6.81. The summed E-state index contributed by atoms with van der Waals surface area (Å²) in [7, 11) is 1.63. The Balaban J connectivity index is 1.66. The topological polar surface area (TPSA) is 78.3 Å². The normalized spacial score (nSPS) is 10.7. The molecule has 0 saturated carbocycles. The number of aromatic nitrogens is 3. The van der Waals surface area contributed by atoms with Crippen LogP contribution in [0.15, 0.2) is 71.8 Å². The van der Waals surface area contributed by atoms with E-state index in [-0.39, 0.29) is 12.2 Å². The van der Waals surface area contributed by atoms with Crippen LogP contribution in [-0.4, -0.2) is 21.8 Å². The molecule has 0 aliphatic carbocycles. The van der Waals surface area contributed by atoms with Gasteiger partial charge in [0.25, 0.3) is 5.56 Å². The molecule has 2 aromatic carbocycles. The van der Waals surface area contributed by atoms with Crippen LogP contribution in [0.5, 0.6) is 5.75 Å². The number of pyridine rings is 1. The van der Waals surface area contributed by atoms with Crippen LogP contribution in [-0.2, 0) is 13.2 Å². The molecule has 152 valence electrons. The van der Waals surface area contributed by atoms with E-state index in [1.54, 1.807) is 7.11 Å². The first-order chi connectivity index (χ1) is 14.7. The van der Waals surface area contributed by atoms with Crippen molar-refractivity contribution in [1.29, 1.82) is 0 Å². The minimum absolute atomic E-state index is 0.259. The van der Waals surface area contributed by atoms with Crippen LogP contribution in [0.3, 0.4) is 0 Å². The van der Waals surface area contributed by atoms with E-state index in [0.29, 0.717) is 17.9 Å². The van der Waals surface area contributed by atoms with Crippen LogP contribution in [0.4, 0.5) is 5.69 Å². The van der Waals surface area contributed by atoms with E-state index >= 15 is 0 Å². The maximum atomic E-state index is 12.8. The number of methoxy groups -OCH3 is 1. The first-order valence-electron chi connectivity index (χ1n) is 9.57. The smallest absolute Gasteiger partial charge is 0.287 e. The summed E-state index contributed by atoms with van der Waals surface area (Å²) in [5, 5.41) is 4.08. The predicted molar refractivity (Wildman–Crippen MR) is 116 cm³/mol. The number of anilines is 1. The summed E-state index contributed by atoms with van der Waals surface area (Å²) in [6.07, 6.45) is 1.44. The van der Waals surface area contributed by atoms with Crippen LogP contribution in [0.2, 0.25) is 0 Å². The molecule has 0 unspecified atom stereocenters. The van der Waals surface area contributed by atoms with E-state index in [9.17, 15) is 4.79 Å². The number of ether oxygens (including phenoxy) is 1. The lowest BCUT2D eigenvalue weighted by molar-refractivity contribution is 0.0979. The Hall–Kier alpha value is -3.87. The van der Waals surface area contributed by atoms with Crippen LogP contribution in [0, 0.1) is 6.92 Å². The number of nitrogens with one attached hydrogen (secondary N) is 1. The monoisotopic (exact) mass is 402 g/mol. The third-order valence-electron chi connectivity index (χ3n) is 4.77. The molecule has 4 rings (SSSR count). The second-order valence-electron chi connectivity index (χ2n) is 6.81. The van der Waals surface area contributed by atoms with Gasteiger partial charge in [-0.3, -0.25) is 4.79 Å². The molecule has 0 spiro atoms. The summed E-state index contributed by atoms with van der Waals surface area (Å²) in [6.45, 7) is 2.66. The highest BCUT2D eigenvalue weighted by Gasteiger charge is 2.14. The number of nitrogens with zero attached hydrogens (tertiary/aromatic N) is 3. The molecule has 7 nitrogen and oxygen atoms in total. The fraction of sp³-hybridized carbons (Fsp3) is 0.174. The number of fused-ring (bicyclic) bond motifs is 1. The minimum atomic E-state index is -0.301. The van der Waals surface area contributed by atoms with Gasteiger partial charge in [-0.1, -0.05) is 42.5 Å². The van der Waals surface area contributed by atoms with E-state index in [1.165, 1.54) is 17.1 Å². The third kappa shape index (κ3) is 4.10. The summed E-state index contributed by atoms with van der Waals surface area (Å²) >= 11 is 0. The number of hydrogen-bond acceptors (Lipinski definition) is 6. The molecule has 0 fully saturated rings. The molecule has 30 heavy (non-hydrogen) atoms. The summed E-state index contributed by atoms with van der Waals surface area (Å²) in [5.74, 6) is 0.781. The molecular weight excluding hydrogens is 380 g/mol. The molecule has 0 bridgehead atoms. The van der Waals surface area contributed by atoms with Gasteiger partial charge in [-0.25, -0.2) is 9.97 Å². The molecule has 4 aromatic rings. The molecule has 0 atom stereocenters. The van der Waals surface area contributed by atoms with Crippen LogP contribution >= 0.6 is 0 Å². The van der Waals surface area contributed by atoms with Crippen molar-refractivity contribution in [2.24, 2.45) is 0 Å². The lowest BCUT2D eigenvalue weighted by atomic mass is 10.2. The largest absolute Gasteiger partial charge is 0.497 e. The average molecular weight is 402 g/mol. The van der Waals surface area contributed by atoms with Crippen molar-refractivity contribution in [3.05, 3.63) is 94.2 Å². The summed E-state index contributed by atoms with van der Waals surface area (Å²) < 4.78 is 6.51. The molecule has 0 amide bonds. The second kappa shape index (κ2) is 8.65. The highest BCUT2D eigenvalue weighted by atomic mass is 16.7. The zero-order valence-corrected chi connectivity index (χ0v) is 16.8. The van der Waals surface area contributed by atoms with Crippen LogP contribution in [0.25, 0.3) is 11.0 Å². The molecule has 0 saturated heterocycles. The SMILES string of the molecule is COc1cccc(CNc2cc(=O)n(OCc3ccccc3)c3ncnc(C)c23)c1. The molecule has 0 radical (unpaired) electrons. The third-order valence-corrected chi connectivity index (χ3v) is 4.77.